The molecule has 0 aliphatic heterocycles. The number of hydrogen-bond donors (Lipinski definition) is 2. The lowest BCUT2D eigenvalue weighted by atomic mass is 10.1. The number of nitrogens with one attached hydrogen (secondary N) is 2. The van der Waals surface area contributed by atoms with Crippen LogP contribution in [-0.2, 0) is 14.2 Å². The Morgan fingerprint density at radius 2 is 1.56 bits per heavy atom. The summed E-state index contributed by atoms with van der Waals surface area (Å²) in [6.45, 7) is 10.4. The van der Waals surface area contributed by atoms with Crippen LogP contribution in [0.3, 0.4) is 0 Å². The third-order valence-corrected chi connectivity index (χ3v) is 6.64. The maximum absolute atomic E-state index is 12.5. The number of carbonyl (C=O) groups excluding carboxylic acids is 1. The summed E-state index contributed by atoms with van der Waals surface area (Å²) in [5.74, 6) is 2.07. The molecule has 0 fully saturated rings. The van der Waals surface area contributed by atoms with Crippen LogP contribution in [0.2, 0.25) is 0 Å². The molecule has 1 aromatic carbocycles. The van der Waals surface area contributed by atoms with Gasteiger partial charge >= 0.3 is 0 Å². The fourth-order valence-electron chi connectivity index (χ4n) is 3.21. The van der Waals surface area contributed by atoms with Gasteiger partial charge < -0.3 is 24.8 Å². The van der Waals surface area contributed by atoms with E-state index in [1.54, 1.807) is 23.5 Å². The second-order valence-corrected chi connectivity index (χ2v) is 10.2. The first-order chi connectivity index (χ1) is 16.7. The van der Waals surface area contributed by atoms with Gasteiger partial charge in [0.2, 0.25) is 0 Å². The molecule has 8 heteroatoms. The molecule has 6 nitrogen and oxygen atoms in total. The summed E-state index contributed by atoms with van der Waals surface area (Å²) >= 11 is 3.60. The van der Waals surface area contributed by atoms with Crippen molar-refractivity contribution in [3.8, 4) is 0 Å². The largest absolute Gasteiger partial charge is 0.384 e. The zero-order valence-electron chi connectivity index (χ0n) is 21.5. The normalized spacial score (nSPS) is 11.0. The van der Waals surface area contributed by atoms with E-state index in [0.717, 1.165) is 114 Å². The summed E-state index contributed by atoms with van der Waals surface area (Å²) in [4.78, 5) is 13.7. The van der Waals surface area contributed by atoms with Crippen LogP contribution in [0.15, 0.2) is 23.1 Å². The number of unbranched alkanes of at least 4 members (excludes halogenated alkanes) is 2. The summed E-state index contributed by atoms with van der Waals surface area (Å²) in [6, 6.07) is 5.98. The number of hydrogen-bond acceptors (Lipinski definition) is 7. The monoisotopic (exact) mass is 514 g/mol. The Morgan fingerprint density at radius 1 is 0.853 bits per heavy atom. The molecule has 196 valence electrons. The molecule has 34 heavy (non-hydrogen) atoms. The second-order valence-electron chi connectivity index (χ2n) is 7.86. The Bertz CT molecular complexity index is 635. The van der Waals surface area contributed by atoms with Crippen molar-refractivity contribution < 1.29 is 19.0 Å². The molecular weight excluding hydrogens is 468 g/mol. The third kappa shape index (κ3) is 15.9. The van der Waals surface area contributed by atoms with Gasteiger partial charge in [0, 0.05) is 68.9 Å². The average molecular weight is 515 g/mol. The molecule has 0 aliphatic carbocycles. The molecule has 0 aliphatic rings. The molecule has 1 rings (SSSR count). The molecule has 0 aromatic heterocycles. The molecule has 2 N–H and O–H groups in total. The third-order valence-electron chi connectivity index (χ3n) is 4.99. The molecule has 0 bridgehead atoms. The topological polar surface area (TPSA) is 68.8 Å². The van der Waals surface area contributed by atoms with Gasteiger partial charge in [0.25, 0.3) is 5.91 Å². The molecule has 1 aromatic rings. The standard InChI is InChI=1S/C26H46N2O4S2/c1-4-30-17-10-18-32-20-11-19-31-16-8-6-7-14-27-24-22-23(12-13-25(24)34-5-2)26(29)28-15-9-21-33-3/h12-13,22,27H,4-11,14-21H2,1-3H3,(H,28,29). The second kappa shape index (κ2) is 22.5. The maximum atomic E-state index is 12.5. The molecular formula is C26H46N2O4S2. The van der Waals surface area contributed by atoms with Crippen LogP contribution in [0.4, 0.5) is 5.69 Å². The van der Waals surface area contributed by atoms with Crippen LogP contribution in [0.1, 0.15) is 62.7 Å². The highest BCUT2D eigenvalue weighted by Gasteiger charge is 2.09. The molecule has 0 saturated carbocycles. The first kappa shape index (κ1) is 31.1. The smallest absolute Gasteiger partial charge is 0.251 e. The number of rotatable bonds is 23. The molecule has 0 radical (unpaired) electrons. The quantitative estimate of drug-likeness (QED) is 0.143. The molecule has 1 amide bonds. The van der Waals surface area contributed by atoms with E-state index in [2.05, 4.69) is 29.9 Å². The van der Waals surface area contributed by atoms with Gasteiger partial charge in [-0.05, 0) is 81.4 Å². The van der Waals surface area contributed by atoms with E-state index < -0.39 is 0 Å². The highest BCUT2D eigenvalue weighted by atomic mass is 32.2. The number of amides is 1. The van der Waals surface area contributed by atoms with Crippen LogP contribution < -0.4 is 10.6 Å². The molecule has 0 spiro atoms. The molecule has 0 atom stereocenters. The Kier molecular flexibility index (Phi) is 20.6. The van der Waals surface area contributed by atoms with E-state index in [4.69, 9.17) is 14.2 Å². The van der Waals surface area contributed by atoms with Crippen molar-refractivity contribution in [2.75, 3.05) is 75.8 Å². The lowest BCUT2D eigenvalue weighted by Gasteiger charge is -2.13. The van der Waals surface area contributed by atoms with E-state index in [1.807, 2.05) is 19.1 Å². The number of anilines is 1. The number of benzene rings is 1. The zero-order valence-corrected chi connectivity index (χ0v) is 23.1. The van der Waals surface area contributed by atoms with E-state index in [1.165, 1.54) is 4.90 Å². The fraction of sp³-hybridized carbons (Fsp3) is 0.731. The molecule has 0 unspecified atom stereocenters. The first-order valence-corrected chi connectivity index (χ1v) is 15.1. The minimum Gasteiger partial charge on any atom is -0.384 e. The minimum atomic E-state index is 0.00487. The summed E-state index contributed by atoms with van der Waals surface area (Å²) in [7, 11) is 0. The van der Waals surface area contributed by atoms with Gasteiger partial charge in [-0.15, -0.1) is 11.8 Å². The summed E-state index contributed by atoms with van der Waals surface area (Å²) < 4.78 is 16.6. The van der Waals surface area contributed by atoms with Crippen LogP contribution >= 0.6 is 23.5 Å². The van der Waals surface area contributed by atoms with E-state index in [0.29, 0.717) is 0 Å². The highest BCUT2D eigenvalue weighted by molar-refractivity contribution is 7.99. The zero-order chi connectivity index (χ0) is 24.7. The minimum absolute atomic E-state index is 0.00487. The average Bonchev–Trinajstić information content (AvgIpc) is 2.85. The lowest BCUT2D eigenvalue weighted by Crippen LogP contribution is -2.24. The summed E-state index contributed by atoms with van der Waals surface area (Å²) in [6.07, 6.45) is 8.23. The number of carbonyl (C=O) groups is 1. The Morgan fingerprint density at radius 3 is 2.24 bits per heavy atom. The molecule has 0 heterocycles. The molecule has 0 saturated heterocycles. The van der Waals surface area contributed by atoms with Crippen molar-refractivity contribution in [1.29, 1.82) is 0 Å². The highest BCUT2D eigenvalue weighted by Crippen LogP contribution is 2.28. The van der Waals surface area contributed by atoms with E-state index in [9.17, 15) is 4.79 Å². The summed E-state index contributed by atoms with van der Waals surface area (Å²) in [5.41, 5.74) is 1.78. The van der Waals surface area contributed by atoms with E-state index >= 15 is 0 Å². The Labute approximate surface area is 216 Å². The van der Waals surface area contributed by atoms with Crippen molar-refractivity contribution in [3.05, 3.63) is 23.8 Å². The predicted molar refractivity (Wildman–Crippen MR) is 148 cm³/mol. The Hall–Kier alpha value is -0.930. The van der Waals surface area contributed by atoms with Crippen LogP contribution in [0.5, 0.6) is 0 Å². The van der Waals surface area contributed by atoms with Gasteiger partial charge in [-0.1, -0.05) is 6.92 Å². The van der Waals surface area contributed by atoms with Crippen molar-refractivity contribution >= 4 is 35.1 Å². The first-order valence-electron chi connectivity index (χ1n) is 12.7. The van der Waals surface area contributed by atoms with Crippen molar-refractivity contribution in [2.45, 2.75) is 57.3 Å². The Balaban J connectivity index is 2.17. The van der Waals surface area contributed by atoms with Crippen molar-refractivity contribution in [3.63, 3.8) is 0 Å². The van der Waals surface area contributed by atoms with Crippen LogP contribution in [0.25, 0.3) is 0 Å². The van der Waals surface area contributed by atoms with E-state index in [-0.39, 0.29) is 5.91 Å². The lowest BCUT2D eigenvalue weighted by molar-refractivity contribution is 0.0649. The predicted octanol–water partition coefficient (Wildman–Crippen LogP) is 5.71. The van der Waals surface area contributed by atoms with Gasteiger partial charge in [-0.3, -0.25) is 4.79 Å². The fourth-order valence-corrected chi connectivity index (χ4v) is 4.41. The van der Waals surface area contributed by atoms with Gasteiger partial charge in [-0.25, -0.2) is 0 Å². The van der Waals surface area contributed by atoms with Crippen molar-refractivity contribution in [1.82, 2.24) is 5.32 Å². The summed E-state index contributed by atoms with van der Waals surface area (Å²) in [5, 5.41) is 6.56. The van der Waals surface area contributed by atoms with Crippen LogP contribution in [-0.4, -0.2) is 76.4 Å². The SMILES string of the molecule is CCOCCCOCCCOCCCCCNc1cc(C(=O)NCCCSC)ccc1SCC. The van der Waals surface area contributed by atoms with Crippen LogP contribution in [0, 0.1) is 0 Å². The van der Waals surface area contributed by atoms with Gasteiger partial charge in [-0.2, -0.15) is 11.8 Å². The van der Waals surface area contributed by atoms with Gasteiger partial charge in [0.15, 0.2) is 0 Å². The number of thioether (sulfide) groups is 2. The van der Waals surface area contributed by atoms with Gasteiger partial charge in [0.1, 0.15) is 0 Å². The van der Waals surface area contributed by atoms with Gasteiger partial charge in [0.05, 0.1) is 0 Å². The van der Waals surface area contributed by atoms with Crippen molar-refractivity contribution in [2.24, 2.45) is 0 Å². The maximum Gasteiger partial charge on any atom is 0.251 e. The number of ether oxygens (including phenoxy) is 3.